The van der Waals surface area contributed by atoms with Gasteiger partial charge in [-0.15, -0.1) is 0 Å². The lowest BCUT2D eigenvalue weighted by Gasteiger charge is -2.32. The fourth-order valence-electron chi connectivity index (χ4n) is 3.18. The molecule has 1 heterocycles. The number of amides is 2. The number of carbonyl (C=O) groups excluding carboxylic acids is 2. The Morgan fingerprint density at radius 1 is 1.14 bits per heavy atom. The first-order chi connectivity index (χ1) is 13.3. The summed E-state index contributed by atoms with van der Waals surface area (Å²) in [6.45, 7) is 1.50. The second-order valence-electron chi connectivity index (χ2n) is 6.59. The van der Waals surface area contributed by atoms with Gasteiger partial charge < -0.3 is 16.0 Å². The van der Waals surface area contributed by atoms with E-state index in [4.69, 9.17) is 17.3 Å². The van der Waals surface area contributed by atoms with Crippen LogP contribution in [0.2, 0.25) is 5.02 Å². The number of benzene rings is 2. The molecule has 0 aliphatic carbocycles. The van der Waals surface area contributed by atoms with Crippen molar-refractivity contribution in [3.8, 4) is 0 Å². The highest BCUT2D eigenvalue weighted by Gasteiger charge is 2.23. The number of primary amides is 1. The number of nitro benzene ring substituents is 1. The first-order valence-electron chi connectivity index (χ1n) is 8.75. The normalized spacial score (nSPS) is 14.5. The molecule has 0 saturated carbocycles. The second kappa shape index (κ2) is 8.26. The Morgan fingerprint density at radius 2 is 1.79 bits per heavy atom. The number of hydrogen-bond donors (Lipinski definition) is 2. The third-order valence-corrected chi connectivity index (χ3v) is 5.11. The van der Waals surface area contributed by atoms with Gasteiger partial charge in [-0.3, -0.25) is 19.7 Å². The number of anilines is 2. The van der Waals surface area contributed by atoms with Crippen LogP contribution in [-0.4, -0.2) is 29.8 Å². The molecule has 3 rings (SSSR count). The number of halogens is 1. The number of nitrogens with one attached hydrogen (secondary N) is 1. The van der Waals surface area contributed by atoms with E-state index in [-0.39, 0.29) is 28.1 Å². The lowest BCUT2D eigenvalue weighted by atomic mass is 9.96. The Labute approximate surface area is 166 Å². The molecule has 0 atom stereocenters. The Morgan fingerprint density at radius 3 is 2.32 bits per heavy atom. The molecule has 2 aromatic rings. The molecule has 8 nitrogen and oxygen atoms in total. The van der Waals surface area contributed by atoms with Crippen LogP contribution in [0.25, 0.3) is 0 Å². The highest BCUT2D eigenvalue weighted by Crippen LogP contribution is 2.26. The molecule has 9 heteroatoms. The zero-order chi connectivity index (χ0) is 20.3. The molecule has 0 radical (unpaired) electrons. The van der Waals surface area contributed by atoms with Crippen LogP contribution in [0.4, 0.5) is 17.1 Å². The molecule has 1 aliphatic heterocycles. The standard InChI is InChI=1S/C19H19ClN4O4/c20-17-11-15(24(27)28)5-6-16(17)19(26)22-13-1-3-14(4-2-13)23-9-7-12(8-10-23)18(21)25/h1-6,11-12H,7-10H2,(H2,21,25)(H,22,26). The number of nitrogens with zero attached hydrogens (tertiary/aromatic N) is 2. The van der Waals surface area contributed by atoms with Gasteiger partial charge in [-0.05, 0) is 43.2 Å². The number of hydrogen-bond acceptors (Lipinski definition) is 5. The minimum absolute atomic E-state index is 0.0145. The maximum atomic E-state index is 12.4. The Bertz CT molecular complexity index is 909. The summed E-state index contributed by atoms with van der Waals surface area (Å²) in [4.78, 5) is 36.0. The van der Waals surface area contributed by atoms with Gasteiger partial charge in [0.25, 0.3) is 11.6 Å². The molecule has 1 saturated heterocycles. The fourth-order valence-corrected chi connectivity index (χ4v) is 3.44. The maximum absolute atomic E-state index is 12.4. The van der Waals surface area contributed by atoms with Crippen LogP contribution in [0.15, 0.2) is 42.5 Å². The summed E-state index contributed by atoms with van der Waals surface area (Å²) in [6, 6.07) is 11.0. The molecular weight excluding hydrogens is 384 g/mol. The van der Waals surface area contributed by atoms with Gasteiger partial charge in [-0.2, -0.15) is 0 Å². The van der Waals surface area contributed by atoms with Gasteiger partial charge in [0.05, 0.1) is 15.5 Å². The van der Waals surface area contributed by atoms with E-state index in [1.165, 1.54) is 12.1 Å². The molecule has 28 heavy (non-hydrogen) atoms. The molecule has 0 bridgehead atoms. The van der Waals surface area contributed by atoms with Crippen molar-refractivity contribution in [3.63, 3.8) is 0 Å². The fraction of sp³-hybridized carbons (Fsp3) is 0.263. The zero-order valence-electron chi connectivity index (χ0n) is 14.9. The number of rotatable bonds is 5. The summed E-state index contributed by atoms with van der Waals surface area (Å²) < 4.78 is 0. The second-order valence-corrected chi connectivity index (χ2v) is 6.99. The predicted octanol–water partition coefficient (Wildman–Crippen LogP) is 3.20. The van der Waals surface area contributed by atoms with Crippen molar-refractivity contribution in [1.82, 2.24) is 0 Å². The zero-order valence-corrected chi connectivity index (χ0v) is 15.7. The molecular formula is C19H19ClN4O4. The number of nitrogens with two attached hydrogens (primary N) is 1. The summed E-state index contributed by atoms with van der Waals surface area (Å²) in [5.41, 5.74) is 6.91. The van der Waals surface area contributed by atoms with Crippen LogP contribution in [-0.2, 0) is 4.79 Å². The van der Waals surface area contributed by atoms with Gasteiger partial charge in [-0.1, -0.05) is 11.6 Å². The van der Waals surface area contributed by atoms with E-state index in [0.717, 1.165) is 37.7 Å². The molecule has 0 aromatic heterocycles. The minimum atomic E-state index is -0.571. The smallest absolute Gasteiger partial charge is 0.270 e. The third-order valence-electron chi connectivity index (χ3n) is 4.80. The molecule has 146 valence electrons. The van der Waals surface area contributed by atoms with Crippen molar-refractivity contribution in [2.24, 2.45) is 11.7 Å². The van der Waals surface area contributed by atoms with Crippen molar-refractivity contribution in [3.05, 3.63) is 63.2 Å². The minimum Gasteiger partial charge on any atom is -0.371 e. The Hall–Kier alpha value is -3.13. The first kappa shape index (κ1) is 19.6. The van der Waals surface area contributed by atoms with Crippen molar-refractivity contribution in [1.29, 1.82) is 0 Å². The van der Waals surface area contributed by atoms with E-state index in [1.54, 1.807) is 12.1 Å². The van der Waals surface area contributed by atoms with Crippen LogP contribution in [0.3, 0.4) is 0 Å². The number of piperidine rings is 1. The summed E-state index contributed by atoms with van der Waals surface area (Å²) in [5, 5.41) is 13.5. The van der Waals surface area contributed by atoms with Gasteiger partial charge in [0.1, 0.15) is 0 Å². The van der Waals surface area contributed by atoms with Crippen molar-refractivity contribution in [2.45, 2.75) is 12.8 Å². The monoisotopic (exact) mass is 402 g/mol. The number of nitro groups is 1. The Kier molecular flexibility index (Phi) is 5.79. The lowest BCUT2D eigenvalue weighted by Crippen LogP contribution is -2.38. The Balaban J connectivity index is 1.64. The average Bonchev–Trinajstić information content (AvgIpc) is 2.68. The molecule has 0 unspecified atom stereocenters. The highest BCUT2D eigenvalue weighted by atomic mass is 35.5. The third kappa shape index (κ3) is 4.40. The number of non-ortho nitro benzene ring substituents is 1. The van der Waals surface area contributed by atoms with Crippen molar-refractivity contribution < 1.29 is 14.5 Å². The SMILES string of the molecule is NC(=O)C1CCN(c2ccc(NC(=O)c3ccc([N+](=O)[O-])cc3Cl)cc2)CC1. The molecule has 0 spiro atoms. The van der Waals surface area contributed by atoms with E-state index in [1.807, 2.05) is 12.1 Å². The van der Waals surface area contributed by atoms with E-state index in [2.05, 4.69) is 10.2 Å². The van der Waals surface area contributed by atoms with Gasteiger partial charge >= 0.3 is 0 Å². The van der Waals surface area contributed by atoms with E-state index in [0.29, 0.717) is 5.69 Å². The molecule has 3 N–H and O–H groups in total. The first-order valence-corrected chi connectivity index (χ1v) is 9.12. The molecule has 1 aliphatic rings. The number of carbonyl (C=O) groups is 2. The maximum Gasteiger partial charge on any atom is 0.270 e. The van der Waals surface area contributed by atoms with Gasteiger partial charge in [0.15, 0.2) is 0 Å². The van der Waals surface area contributed by atoms with E-state index >= 15 is 0 Å². The van der Waals surface area contributed by atoms with E-state index < -0.39 is 10.8 Å². The summed E-state index contributed by atoms with van der Waals surface area (Å²) >= 11 is 5.99. The topological polar surface area (TPSA) is 119 Å². The molecule has 2 aromatic carbocycles. The van der Waals surface area contributed by atoms with Gasteiger partial charge in [0.2, 0.25) is 5.91 Å². The molecule has 1 fully saturated rings. The summed E-state index contributed by atoms with van der Waals surface area (Å²) in [5.74, 6) is -0.765. The highest BCUT2D eigenvalue weighted by molar-refractivity contribution is 6.34. The van der Waals surface area contributed by atoms with Crippen molar-refractivity contribution in [2.75, 3.05) is 23.3 Å². The predicted molar refractivity (Wildman–Crippen MR) is 107 cm³/mol. The van der Waals surface area contributed by atoms with Gasteiger partial charge in [0, 0.05) is 42.5 Å². The van der Waals surface area contributed by atoms with Gasteiger partial charge in [-0.25, -0.2) is 0 Å². The van der Waals surface area contributed by atoms with Crippen LogP contribution in [0.1, 0.15) is 23.2 Å². The van der Waals surface area contributed by atoms with E-state index in [9.17, 15) is 19.7 Å². The largest absolute Gasteiger partial charge is 0.371 e. The molecule has 2 amide bonds. The van der Waals surface area contributed by atoms with Crippen LogP contribution >= 0.6 is 11.6 Å². The quantitative estimate of drug-likeness (QED) is 0.588. The van der Waals surface area contributed by atoms with Crippen molar-refractivity contribution >= 4 is 40.5 Å². The van der Waals surface area contributed by atoms with Crippen LogP contribution < -0.4 is 16.0 Å². The lowest BCUT2D eigenvalue weighted by molar-refractivity contribution is -0.384. The van der Waals surface area contributed by atoms with Crippen LogP contribution in [0, 0.1) is 16.0 Å². The average molecular weight is 403 g/mol. The van der Waals surface area contributed by atoms with Crippen LogP contribution in [0.5, 0.6) is 0 Å². The summed E-state index contributed by atoms with van der Waals surface area (Å²) in [6.07, 6.45) is 1.46. The summed E-state index contributed by atoms with van der Waals surface area (Å²) in [7, 11) is 0.